The second-order valence-corrected chi connectivity index (χ2v) is 10.4. The number of furan rings is 1. The molecule has 34 heavy (non-hydrogen) atoms. The first kappa shape index (κ1) is 23.8. The summed E-state index contributed by atoms with van der Waals surface area (Å²) >= 11 is 6.18. The summed E-state index contributed by atoms with van der Waals surface area (Å²) in [6, 6.07) is 19.2. The molecule has 0 saturated carbocycles. The van der Waals surface area contributed by atoms with Crippen molar-refractivity contribution in [1.29, 1.82) is 0 Å². The number of carbonyl (C=O) groups is 2. The van der Waals surface area contributed by atoms with Gasteiger partial charge in [-0.1, -0.05) is 69.0 Å². The lowest BCUT2D eigenvalue weighted by Crippen LogP contribution is -2.33. The minimum absolute atomic E-state index is 0.0215. The molecule has 1 amide bonds. The van der Waals surface area contributed by atoms with Gasteiger partial charge in [0.25, 0.3) is 5.91 Å². The van der Waals surface area contributed by atoms with Crippen LogP contribution in [0.25, 0.3) is 17.4 Å². The lowest BCUT2D eigenvalue weighted by molar-refractivity contribution is -0.140. The number of carboxylic acid groups (broad SMARTS) is 1. The summed E-state index contributed by atoms with van der Waals surface area (Å²) in [5.41, 5.74) is 2.03. The van der Waals surface area contributed by atoms with E-state index in [4.69, 9.17) is 26.5 Å². The molecular formula is C26H23NO5S2. The summed E-state index contributed by atoms with van der Waals surface area (Å²) in [5, 5.41) is 8.97. The number of hydrogen-bond acceptors (Lipinski definition) is 6. The summed E-state index contributed by atoms with van der Waals surface area (Å²) in [6.45, 7) is 6.01. The van der Waals surface area contributed by atoms with E-state index in [9.17, 15) is 9.59 Å². The third-order valence-corrected chi connectivity index (χ3v) is 6.50. The van der Waals surface area contributed by atoms with Crippen molar-refractivity contribution in [2.45, 2.75) is 26.2 Å². The van der Waals surface area contributed by atoms with E-state index in [2.05, 4.69) is 26.8 Å². The third-order valence-electron chi connectivity index (χ3n) is 5.12. The van der Waals surface area contributed by atoms with Gasteiger partial charge in [-0.2, -0.15) is 0 Å². The van der Waals surface area contributed by atoms with Crippen LogP contribution in [-0.4, -0.2) is 32.7 Å². The summed E-state index contributed by atoms with van der Waals surface area (Å²) in [7, 11) is 0. The molecule has 0 bridgehead atoms. The molecule has 1 aromatic heterocycles. The van der Waals surface area contributed by atoms with E-state index < -0.39 is 18.4 Å². The molecule has 0 radical (unpaired) electrons. The maximum Gasteiger partial charge on any atom is 0.323 e. The second kappa shape index (κ2) is 9.48. The fourth-order valence-electron chi connectivity index (χ4n) is 3.36. The highest BCUT2D eigenvalue weighted by atomic mass is 32.2. The number of thioether (sulfide) groups is 1. The Morgan fingerprint density at radius 3 is 2.53 bits per heavy atom. The zero-order valence-corrected chi connectivity index (χ0v) is 20.5. The van der Waals surface area contributed by atoms with E-state index in [-0.39, 0.29) is 9.74 Å². The first-order chi connectivity index (χ1) is 16.1. The molecule has 3 aromatic rings. The molecule has 0 unspecified atom stereocenters. The van der Waals surface area contributed by atoms with Gasteiger partial charge in [0.05, 0.1) is 4.91 Å². The van der Waals surface area contributed by atoms with Crippen LogP contribution in [0.4, 0.5) is 0 Å². The lowest BCUT2D eigenvalue weighted by atomic mass is 9.87. The molecule has 1 aliphatic heterocycles. The number of rotatable bonds is 6. The molecule has 4 rings (SSSR count). The van der Waals surface area contributed by atoms with Crippen LogP contribution in [0.5, 0.6) is 11.5 Å². The van der Waals surface area contributed by atoms with Gasteiger partial charge in [-0.25, -0.2) is 0 Å². The van der Waals surface area contributed by atoms with Gasteiger partial charge in [0, 0.05) is 11.6 Å². The molecule has 2 heterocycles. The summed E-state index contributed by atoms with van der Waals surface area (Å²) in [4.78, 5) is 24.8. The fraction of sp³-hybridized carbons (Fsp3) is 0.192. The van der Waals surface area contributed by atoms with Crippen molar-refractivity contribution >= 4 is 46.3 Å². The van der Waals surface area contributed by atoms with Gasteiger partial charge in [0.15, 0.2) is 0 Å². The highest BCUT2D eigenvalue weighted by Gasteiger charge is 2.33. The summed E-state index contributed by atoms with van der Waals surface area (Å²) in [5.74, 6) is 0.952. The number of ether oxygens (including phenoxy) is 1. The van der Waals surface area contributed by atoms with E-state index in [1.165, 1.54) is 5.56 Å². The monoisotopic (exact) mass is 493 g/mol. The molecule has 0 atom stereocenters. The molecule has 8 heteroatoms. The van der Waals surface area contributed by atoms with Crippen LogP contribution in [-0.2, 0) is 15.0 Å². The number of amides is 1. The maximum absolute atomic E-state index is 12.5. The van der Waals surface area contributed by atoms with E-state index in [1.807, 2.05) is 48.5 Å². The molecule has 0 aliphatic carbocycles. The number of thiocarbonyl (C=S) groups is 1. The molecule has 1 aliphatic rings. The largest absolute Gasteiger partial charge is 0.480 e. The number of nitrogens with zero attached hydrogens (tertiary/aromatic N) is 1. The Hall–Kier alpha value is -3.36. The average molecular weight is 494 g/mol. The van der Waals surface area contributed by atoms with Crippen molar-refractivity contribution in [3.8, 4) is 22.8 Å². The highest BCUT2D eigenvalue weighted by molar-refractivity contribution is 8.26. The first-order valence-electron chi connectivity index (χ1n) is 10.6. The van der Waals surface area contributed by atoms with Gasteiger partial charge >= 0.3 is 5.97 Å². The molecule has 1 fully saturated rings. The topological polar surface area (TPSA) is 80.0 Å². The minimum atomic E-state index is -1.12. The first-order valence-corrected chi connectivity index (χ1v) is 11.8. The minimum Gasteiger partial charge on any atom is -0.480 e. The highest BCUT2D eigenvalue weighted by Crippen LogP contribution is 2.34. The fourth-order valence-corrected chi connectivity index (χ4v) is 4.60. The van der Waals surface area contributed by atoms with Crippen LogP contribution in [0, 0.1) is 0 Å². The number of carboxylic acids is 1. The number of benzene rings is 2. The smallest absolute Gasteiger partial charge is 0.323 e. The Morgan fingerprint density at radius 2 is 1.82 bits per heavy atom. The third kappa shape index (κ3) is 5.40. The average Bonchev–Trinajstić information content (AvgIpc) is 3.34. The Kier molecular flexibility index (Phi) is 6.63. The van der Waals surface area contributed by atoms with Crippen molar-refractivity contribution in [2.24, 2.45) is 0 Å². The van der Waals surface area contributed by atoms with Crippen molar-refractivity contribution in [3.05, 3.63) is 76.9 Å². The lowest BCUT2D eigenvalue weighted by Gasteiger charge is -2.19. The second-order valence-electron chi connectivity index (χ2n) is 8.77. The van der Waals surface area contributed by atoms with Crippen LogP contribution in [0.3, 0.4) is 0 Å². The van der Waals surface area contributed by atoms with Crippen molar-refractivity contribution in [1.82, 2.24) is 4.90 Å². The summed E-state index contributed by atoms with van der Waals surface area (Å²) in [6.07, 6.45) is 1.57. The van der Waals surface area contributed by atoms with Crippen LogP contribution in [0.2, 0.25) is 0 Å². The Morgan fingerprint density at radius 1 is 1.12 bits per heavy atom. The Bertz CT molecular complexity index is 1300. The molecule has 174 valence electrons. The Balaban J connectivity index is 1.52. The van der Waals surface area contributed by atoms with Gasteiger partial charge < -0.3 is 14.3 Å². The molecule has 6 nitrogen and oxygen atoms in total. The SMILES string of the molecule is CC(C)(C)c1cccc(Oc2cccc(-c3ccc(/C=C4/SC(=S)N(CC(=O)O)C4=O)o3)c2)c1. The predicted molar refractivity (Wildman–Crippen MR) is 137 cm³/mol. The van der Waals surface area contributed by atoms with Crippen molar-refractivity contribution < 1.29 is 23.8 Å². The molecule has 0 spiro atoms. The quantitative estimate of drug-likeness (QED) is 0.318. The van der Waals surface area contributed by atoms with Crippen LogP contribution in [0.1, 0.15) is 32.1 Å². The maximum atomic E-state index is 12.5. The molecule has 1 N–H and O–H groups in total. The van der Waals surface area contributed by atoms with Gasteiger partial charge in [-0.3, -0.25) is 14.5 Å². The van der Waals surface area contributed by atoms with Crippen LogP contribution < -0.4 is 4.74 Å². The van der Waals surface area contributed by atoms with E-state index in [0.29, 0.717) is 22.2 Å². The van der Waals surface area contributed by atoms with Gasteiger partial charge in [0.2, 0.25) is 0 Å². The molecule has 2 aromatic carbocycles. The zero-order valence-electron chi connectivity index (χ0n) is 18.9. The van der Waals surface area contributed by atoms with Gasteiger partial charge in [-0.05, 0) is 47.4 Å². The van der Waals surface area contributed by atoms with Crippen LogP contribution >= 0.6 is 24.0 Å². The standard InChI is InChI=1S/C26H23NO5S2/c1-26(2,3)17-7-5-9-19(13-17)31-18-8-4-6-16(12-18)21-11-10-20(32-21)14-22-24(30)27(15-23(28)29)25(33)34-22/h4-14H,15H2,1-3H3,(H,28,29)/b22-14+. The molecular weight excluding hydrogens is 470 g/mol. The van der Waals surface area contributed by atoms with E-state index >= 15 is 0 Å². The van der Waals surface area contributed by atoms with Gasteiger partial charge in [0.1, 0.15) is 33.9 Å². The van der Waals surface area contributed by atoms with E-state index in [1.54, 1.807) is 12.1 Å². The Labute approximate surface area is 207 Å². The van der Waals surface area contributed by atoms with Crippen LogP contribution in [0.15, 0.2) is 70.0 Å². The summed E-state index contributed by atoms with van der Waals surface area (Å²) < 4.78 is 12.2. The zero-order chi connectivity index (χ0) is 24.5. The van der Waals surface area contributed by atoms with Crippen molar-refractivity contribution in [2.75, 3.05) is 6.54 Å². The molecule has 1 saturated heterocycles. The predicted octanol–water partition coefficient (Wildman–Crippen LogP) is 6.32. The number of aliphatic carboxylic acids is 1. The number of hydrogen-bond donors (Lipinski definition) is 1. The van der Waals surface area contributed by atoms with Gasteiger partial charge in [-0.15, -0.1) is 0 Å². The normalized spacial score (nSPS) is 15.3. The number of carbonyl (C=O) groups excluding carboxylic acids is 1. The van der Waals surface area contributed by atoms with E-state index in [0.717, 1.165) is 28.0 Å². The van der Waals surface area contributed by atoms with Crippen molar-refractivity contribution in [3.63, 3.8) is 0 Å².